The van der Waals surface area contributed by atoms with Gasteiger partial charge in [0.25, 0.3) is 0 Å². The smallest absolute Gasteiger partial charge is 0.146 e. The molecule has 3 nitrogen and oxygen atoms in total. The Bertz CT molecular complexity index is 374. The maximum atomic E-state index is 13.9. The molecule has 0 fully saturated rings. The maximum absolute atomic E-state index is 13.9. The van der Waals surface area contributed by atoms with Crippen molar-refractivity contribution in [1.29, 1.82) is 0 Å². The standard InChI is InChI=1S/C13H21FN2O/c1-4-16(9-13(2,3)17)12-10(8-15)6-5-7-11(12)14/h5-7,17H,4,8-9,15H2,1-3H3. The molecule has 0 heterocycles. The van der Waals surface area contributed by atoms with Gasteiger partial charge in [-0.25, -0.2) is 4.39 Å². The zero-order valence-electron chi connectivity index (χ0n) is 10.7. The van der Waals surface area contributed by atoms with Crippen LogP contribution in [0.1, 0.15) is 26.3 Å². The molecule has 0 unspecified atom stereocenters. The number of likely N-dealkylation sites (N-methyl/N-ethyl adjacent to an activating group) is 1. The Labute approximate surface area is 102 Å². The predicted octanol–water partition coefficient (Wildman–Crippen LogP) is 1.88. The minimum Gasteiger partial charge on any atom is -0.389 e. The van der Waals surface area contributed by atoms with Crippen LogP contribution in [0.3, 0.4) is 0 Å². The topological polar surface area (TPSA) is 49.5 Å². The molecular formula is C13H21FN2O. The van der Waals surface area contributed by atoms with Crippen LogP contribution in [-0.2, 0) is 6.54 Å². The molecule has 0 amide bonds. The van der Waals surface area contributed by atoms with Crippen LogP contribution in [0.2, 0.25) is 0 Å². The monoisotopic (exact) mass is 240 g/mol. The summed E-state index contributed by atoms with van der Waals surface area (Å²) in [4.78, 5) is 1.82. The van der Waals surface area contributed by atoms with Crippen LogP contribution in [0.15, 0.2) is 18.2 Å². The number of halogens is 1. The second kappa shape index (κ2) is 5.47. The Balaban J connectivity index is 3.11. The number of nitrogens with zero attached hydrogens (tertiary/aromatic N) is 1. The van der Waals surface area contributed by atoms with Crippen LogP contribution in [0.25, 0.3) is 0 Å². The highest BCUT2D eigenvalue weighted by atomic mass is 19.1. The molecule has 0 aliphatic heterocycles. The van der Waals surface area contributed by atoms with Crippen molar-refractivity contribution in [2.45, 2.75) is 32.9 Å². The van der Waals surface area contributed by atoms with Crippen molar-refractivity contribution < 1.29 is 9.50 Å². The Hall–Kier alpha value is -1.13. The van der Waals surface area contributed by atoms with Crippen molar-refractivity contribution in [2.75, 3.05) is 18.0 Å². The SMILES string of the molecule is CCN(CC(C)(C)O)c1c(F)cccc1CN. The minimum atomic E-state index is -0.871. The first-order chi connectivity index (χ1) is 7.89. The molecule has 0 radical (unpaired) electrons. The summed E-state index contributed by atoms with van der Waals surface area (Å²) in [7, 11) is 0. The normalized spacial score (nSPS) is 11.6. The molecule has 0 atom stereocenters. The van der Waals surface area contributed by atoms with Gasteiger partial charge in [0, 0.05) is 19.6 Å². The first kappa shape index (κ1) is 13.9. The first-order valence-corrected chi connectivity index (χ1v) is 5.84. The summed E-state index contributed by atoms with van der Waals surface area (Å²) in [5.41, 5.74) is 6.01. The van der Waals surface area contributed by atoms with Gasteiger partial charge in [-0.15, -0.1) is 0 Å². The number of hydrogen-bond acceptors (Lipinski definition) is 3. The third-order valence-electron chi connectivity index (χ3n) is 2.57. The van der Waals surface area contributed by atoms with Crippen LogP contribution in [0.5, 0.6) is 0 Å². The average molecular weight is 240 g/mol. The van der Waals surface area contributed by atoms with E-state index < -0.39 is 5.60 Å². The number of nitrogens with two attached hydrogens (primary N) is 1. The molecule has 17 heavy (non-hydrogen) atoms. The lowest BCUT2D eigenvalue weighted by Gasteiger charge is -2.31. The highest BCUT2D eigenvalue weighted by Gasteiger charge is 2.21. The second-order valence-corrected chi connectivity index (χ2v) is 4.78. The number of para-hydroxylation sites is 1. The fraction of sp³-hybridized carbons (Fsp3) is 0.538. The summed E-state index contributed by atoms with van der Waals surface area (Å²) >= 11 is 0. The van der Waals surface area contributed by atoms with Crippen LogP contribution < -0.4 is 10.6 Å². The van der Waals surface area contributed by atoms with Gasteiger partial charge in [0.15, 0.2) is 0 Å². The Morgan fingerprint density at radius 3 is 2.53 bits per heavy atom. The molecule has 96 valence electrons. The average Bonchev–Trinajstić information content (AvgIpc) is 2.24. The third-order valence-corrected chi connectivity index (χ3v) is 2.57. The van der Waals surface area contributed by atoms with Gasteiger partial charge in [0.2, 0.25) is 0 Å². The van der Waals surface area contributed by atoms with Crippen molar-refractivity contribution in [1.82, 2.24) is 0 Å². The zero-order valence-corrected chi connectivity index (χ0v) is 10.7. The van der Waals surface area contributed by atoms with Gasteiger partial charge in [-0.1, -0.05) is 12.1 Å². The summed E-state index contributed by atoms with van der Waals surface area (Å²) in [5, 5.41) is 9.84. The highest BCUT2D eigenvalue weighted by molar-refractivity contribution is 5.55. The molecule has 1 aromatic carbocycles. The van der Waals surface area contributed by atoms with E-state index in [1.165, 1.54) is 6.07 Å². The quantitative estimate of drug-likeness (QED) is 0.826. The van der Waals surface area contributed by atoms with Gasteiger partial charge in [0.1, 0.15) is 5.82 Å². The van der Waals surface area contributed by atoms with Crippen molar-refractivity contribution in [3.8, 4) is 0 Å². The molecule has 1 rings (SSSR count). The van der Waals surface area contributed by atoms with Crippen LogP contribution >= 0.6 is 0 Å². The van der Waals surface area contributed by atoms with E-state index in [-0.39, 0.29) is 12.4 Å². The molecular weight excluding hydrogens is 219 g/mol. The van der Waals surface area contributed by atoms with Crippen molar-refractivity contribution >= 4 is 5.69 Å². The molecule has 0 saturated heterocycles. The van der Waals surface area contributed by atoms with E-state index >= 15 is 0 Å². The molecule has 0 aliphatic carbocycles. The largest absolute Gasteiger partial charge is 0.389 e. The lowest BCUT2D eigenvalue weighted by molar-refractivity contribution is 0.0874. The van der Waals surface area contributed by atoms with Gasteiger partial charge < -0.3 is 15.7 Å². The van der Waals surface area contributed by atoms with E-state index in [0.717, 1.165) is 5.56 Å². The van der Waals surface area contributed by atoms with Crippen molar-refractivity contribution in [3.63, 3.8) is 0 Å². The number of rotatable bonds is 5. The second-order valence-electron chi connectivity index (χ2n) is 4.78. The number of anilines is 1. The fourth-order valence-corrected chi connectivity index (χ4v) is 1.89. The molecule has 0 bridgehead atoms. The van der Waals surface area contributed by atoms with Crippen molar-refractivity contribution in [3.05, 3.63) is 29.6 Å². The van der Waals surface area contributed by atoms with Gasteiger partial charge in [0.05, 0.1) is 11.3 Å². The Morgan fingerprint density at radius 1 is 1.41 bits per heavy atom. The van der Waals surface area contributed by atoms with E-state index in [0.29, 0.717) is 18.8 Å². The van der Waals surface area contributed by atoms with E-state index in [2.05, 4.69) is 0 Å². The molecule has 0 aromatic heterocycles. The fourth-order valence-electron chi connectivity index (χ4n) is 1.89. The Morgan fingerprint density at radius 2 is 2.06 bits per heavy atom. The van der Waals surface area contributed by atoms with E-state index in [9.17, 15) is 9.50 Å². The van der Waals surface area contributed by atoms with Gasteiger partial charge in [-0.2, -0.15) is 0 Å². The summed E-state index contributed by atoms with van der Waals surface area (Å²) in [6.07, 6.45) is 0. The lowest BCUT2D eigenvalue weighted by Crippen LogP contribution is -2.39. The lowest BCUT2D eigenvalue weighted by atomic mass is 10.1. The number of benzene rings is 1. The molecule has 3 N–H and O–H groups in total. The van der Waals surface area contributed by atoms with Crippen molar-refractivity contribution in [2.24, 2.45) is 5.73 Å². The zero-order chi connectivity index (χ0) is 13.1. The molecule has 0 aliphatic rings. The summed E-state index contributed by atoms with van der Waals surface area (Å²) < 4.78 is 13.9. The summed E-state index contributed by atoms with van der Waals surface area (Å²) in [6.45, 7) is 6.63. The first-order valence-electron chi connectivity index (χ1n) is 5.84. The van der Waals surface area contributed by atoms with Crippen LogP contribution in [0, 0.1) is 5.82 Å². The van der Waals surface area contributed by atoms with E-state index in [1.807, 2.05) is 17.9 Å². The summed E-state index contributed by atoms with van der Waals surface area (Å²) in [5.74, 6) is -0.293. The van der Waals surface area contributed by atoms with Gasteiger partial charge >= 0.3 is 0 Å². The van der Waals surface area contributed by atoms with Crippen LogP contribution in [-0.4, -0.2) is 23.8 Å². The molecule has 0 spiro atoms. The molecule has 0 saturated carbocycles. The summed E-state index contributed by atoms with van der Waals surface area (Å²) in [6, 6.07) is 4.88. The molecule has 1 aromatic rings. The maximum Gasteiger partial charge on any atom is 0.146 e. The van der Waals surface area contributed by atoms with Gasteiger partial charge in [-0.3, -0.25) is 0 Å². The molecule has 4 heteroatoms. The number of aliphatic hydroxyl groups is 1. The van der Waals surface area contributed by atoms with Gasteiger partial charge in [-0.05, 0) is 32.4 Å². The number of hydrogen-bond donors (Lipinski definition) is 2. The Kier molecular flexibility index (Phi) is 4.48. The highest BCUT2D eigenvalue weighted by Crippen LogP contribution is 2.25. The predicted molar refractivity (Wildman–Crippen MR) is 68.5 cm³/mol. The minimum absolute atomic E-state index is 0.287. The third kappa shape index (κ3) is 3.68. The van der Waals surface area contributed by atoms with E-state index in [4.69, 9.17) is 5.73 Å². The van der Waals surface area contributed by atoms with E-state index in [1.54, 1.807) is 19.9 Å². The van der Waals surface area contributed by atoms with Crippen LogP contribution in [0.4, 0.5) is 10.1 Å².